The van der Waals surface area contributed by atoms with E-state index in [2.05, 4.69) is 32.5 Å². The van der Waals surface area contributed by atoms with Crippen molar-refractivity contribution in [1.82, 2.24) is 25.0 Å². The van der Waals surface area contributed by atoms with Crippen LogP contribution in [0.25, 0.3) is 11.0 Å². The van der Waals surface area contributed by atoms with Crippen molar-refractivity contribution in [2.45, 2.75) is 76.9 Å². The third kappa shape index (κ3) is 4.51. The van der Waals surface area contributed by atoms with Gasteiger partial charge in [0.2, 0.25) is 5.91 Å². The number of pyridine rings is 1. The summed E-state index contributed by atoms with van der Waals surface area (Å²) in [6.07, 6.45) is 11.0. The first-order valence-electron chi connectivity index (χ1n) is 14.5. The Labute approximate surface area is 229 Å². The van der Waals surface area contributed by atoms with Crippen LogP contribution in [-0.4, -0.2) is 62.8 Å². The Morgan fingerprint density at radius 2 is 1.87 bits per heavy atom. The fraction of sp³-hybridized carbons (Fsp3) is 0.533. The van der Waals surface area contributed by atoms with Gasteiger partial charge in [-0.1, -0.05) is 37.5 Å². The fourth-order valence-corrected chi connectivity index (χ4v) is 6.84. The van der Waals surface area contributed by atoms with Crippen LogP contribution in [0.3, 0.4) is 0 Å². The summed E-state index contributed by atoms with van der Waals surface area (Å²) in [7, 11) is 0. The van der Waals surface area contributed by atoms with Crippen LogP contribution in [0, 0.1) is 5.92 Å². The van der Waals surface area contributed by atoms with Crippen molar-refractivity contribution in [1.29, 1.82) is 0 Å². The lowest BCUT2D eigenvalue weighted by Gasteiger charge is -2.43. The van der Waals surface area contributed by atoms with Crippen molar-refractivity contribution in [3.63, 3.8) is 0 Å². The average molecular weight is 530 g/mol. The van der Waals surface area contributed by atoms with Crippen LogP contribution in [0.15, 0.2) is 42.7 Å². The molecule has 1 aromatic carbocycles. The number of aromatic nitrogens is 3. The van der Waals surface area contributed by atoms with Gasteiger partial charge < -0.3 is 20.4 Å². The number of nitrogens with zero attached hydrogens (tertiary/aromatic N) is 5. The van der Waals surface area contributed by atoms with Gasteiger partial charge in [0, 0.05) is 37.6 Å². The lowest BCUT2D eigenvalue weighted by molar-refractivity contribution is -0.124. The molecule has 1 unspecified atom stereocenters. The molecule has 0 radical (unpaired) electrons. The number of aryl methyl sites for hydroxylation is 1. The van der Waals surface area contributed by atoms with E-state index in [9.17, 15) is 9.59 Å². The van der Waals surface area contributed by atoms with Gasteiger partial charge in [-0.25, -0.2) is 9.67 Å². The molecule has 2 amide bonds. The maximum Gasteiger partial charge on any atom is 0.257 e. The molecule has 9 nitrogen and oxygen atoms in total. The number of nitrogens with one attached hydrogen (secondary N) is 2. The van der Waals surface area contributed by atoms with Gasteiger partial charge in [0.1, 0.15) is 5.54 Å². The summed E-state index contributed by atoms with van der Waals surface area (Å²) in [6, 6.07) is 10.3. The van der Waals surface area contributed by atoms with Gasteiger partial charge in [-0.3, -0.25) is 9.59 Å². The molecule has 1 atom stereocenters. The lowest BCUT2D eigenvalue weighted by atomic mass is 9.84. The third-order valence-corrected chi connectivity index (χ3v) is 9.21. The number of piperidine rings is 1. The average Bonchev–Trinajstić information content (AvgIpc) is 3.55. The van der Waals surface area contributed by atoms with Crippen molar-refractivity contribution >= 4 is 34.2 Å². The minimum absolute atomic E-state index is 0.0356. The second kappa shape index (κ2) is 10.5. The number of para-hydroxylation sites is 1. The molecule has 6 rings (SSSR count). The summed E-state index contributed by atoms with van der Waals surface area (Å²) in [5.41, 5.74) is 2.63. The maximum atomic E-state index is 14.0. The first-order valence-corrected chi connectivity index (χ1v) is 14.5. The predicted octanol–water partition coefficient (Wildman–Crippen LogP) is 4.40. The molecule has 3 fully saturated rings. The standard InChI is InChI=1S/C30H39N7O2/c1-3-37-27-24(19-33-37)26(34-21(2)22-10-6-4-7-11-22)25(18-31-27)28(38)35-16-14-30(15-17-35)29(39)32-20-36(30)23-12-8-5-9-13-23/h5,8-9,12-13,18-19,21-22H,3-4,6-7,10-11,14-17,20H2,1-2H3,(H,31,34)(H,32,39). The van der Waals surface area contributed by atoms with Crippen LogP contribution in [0.2, 0.25) is 0 Å². The number of hydrogen-bond donors (Lipinski definition) is 2. The molecule has 3 aromatic rings. The molecule has 206 valence electrons. The van der Waals surface area contributed by atoms with Gasteiger partial charge in [-0.15, -0.1) is 0 Å². The molecule has 39 heavy (non-hydrogen) atoms. The molecule has 2 aromatic heterocycles. The van der Waals surface area contributed by atoms with Gasteiger partial charge in [0.05, 0.1) is 29.5 Å². The molecule has 9 heteroatoms. The first kappa shape index (κ1) is 25.6. The summed E-state index contributed by atoms with van der Waals surface area (Å²) in [5.74, 6) is 0.606. The van der Waals surface area contributed by atoms with Crippen molar-refractivity contribution in [3.05, 3.63) is 48.3 Å². The van der Waals surface area contributed by atoms with Crippen LogP contribution in [-0.2, 0) is 11.3 Å². The number of anilines is 2. The van der Waals surface area contributed by atoms with Gasteiger partial charge >= 0.3 is 0 Å². The number of likely N-dealkylation sites (tertiary alicyclic amines) is 1. The Bertz CT molecular complexity index is 1340. The third-order valence-electron chi connectivity index (χ3n) is 9.21. The molecular weight excluding hydrogens is 490 g/mol. The monoisotopic (exact) mass is 529 g/mol. The molecule has 1 saturated carbocycles. The Morgan fingerprint density at radius 3 is 2.59 bits per heavy atom. The Balaban J connectivity index is 1.26. The molecule has 4 heterocycles. The highest BCUT2D eigenvalue weighted by Gasteiger charge is 2.51. The minimum atomic E-state index is -0.626. The van der Waals surface area contributed by atoms with Gasteiger partial charge in [-0.2, -0.15) is 5.10 Å². The van der Waals surface area contributed by atoms with Crippen LogP contribution in [0.5, 0.6) is 0 Å². The van der Waals surface area contributed by atoms with Gasteiger partial charge in [0.25, 0.3) is 5.91 Å². The van der Waals surface area contributed by atoms with Crippen molar-refractivity contribution in [2.24, 2.45) is 5.92 Å². The Morgan fingerprint density at radius 1 is 1.13 bits per heavy atom. The Kier molecular flexibility index (Phi) is 6.91. The number of amides is 2. The molecule has 3 aliphatic rings. The van der Waals surface area contributed by atoms with E-state index in [4.69, 9.17) is 0 Å². The van der Waals surface area contributed by atoms with E-state index in [1.54, 1.807) is 6.20 Å². The van der Waals surface area contributed by atoms with Gasteiger partial charge in [-0.05, 0) is 57.6 Å². The molecule has 0 bridgehead atoms. The van der Waals surface area contributed by atoms with E-state index < -0.39 is 5.54 Å². The van der Waals surface area contributed by atoms with E-state index in [1.807, 2.05) is 53.0 Å². The Hall–Kier alpha value is -3.62. The van der Waals surface area contributed by atoms with Crippen LogP contribution in [0.4, 0.5) is 11.4 Å². The van der Waals surface area contributed by atoms with Crippen molar-refractivity contribution in [3.8, 4) is 0 Å². The second-order valence-electron chi connectivity index (χ2n) is 11.3. The van der Waals surface area contributed by atoms with Crippen LogP contribution >= 0.6 is 0 Å². The SMILES string of the molecule is CCn1ncc2c(NC(C)C3CCCCC3)c(C(=O)N3CCC4(CC3)C(=O)NCN4c3ccccc3)cnc21. The summed E-state index contributed by atoms with van der Waals surface area (Å²) in [5, 5.41) is 12.2. The second-order valence-corrected chi connectivity index (χ2v) is 11.3. The highest BCUT2D eigenvalue weighted by molar-refractivity contribution is 6.06. The normalized spacial score (nSPS) is 20.4. The van der Waals surface area contributed by atoms with E-state index in [1.165, 1.54) is 32.1 Å². The number of hydrogen-bond acceptors (Lipinski definition) is 6. The highest BCUT2D eigenvalue weighted by atomic mass is 16.2. The fourth-order valence-electron chi connectivity index (χ4n) is 6.84. The quantitative estimate of drug-likeness (QED) is 0.492. The lowest BCUT2D eigenvalue weighted by Crippen LogP contribution is -2.57. The van der Waals surface area contributed by atoms with Crippen LogP contribution < -0.4 is 15.5 Å². The van der Waals surface area contributed by atoms with E-state index in [0.717, 1.165) is 29.0 Å². The van der Waals surface area contributed by atoms with E-state index >= 15 is 0 Å². The predicted molar refractivity (Wildman–Crippen MR) is 153 cm³/mol. The zero-order valence-corrected chi connectivity index (χ0v) is 23.0. The molecule has 1 spiro atoms. The zero-order valence-electron chi connectivity index (χ0n) is 23.0. The highest BCUT2D eigenvalue weighted by Crippen LogP contribution is 2.38. The molecule has 2 saturated heterocycles. The summed E-state index contributed by atoms with van der Waals surface area (Å²) in [4.78, 5) is 35.9. The zero-order chi connectivity index (χ0) is 27.0. The summed E-state index contributed by atoms with van der Waals surface area (Å²) >= 11 is 0. The number of rotatable bonds is 6. The van der Waals surface area contributed by atoms with Crippen molar-refractivity contribution in [2.75, 3.05) is 30.0 Å². The van der Waals surface area contributed by atoms with Crippen molar-refractivity contribution < 1.29 is 9.59 Å². The van der Waals surface area contributed by atoms with Gasteiger partial charge in [0.15, 0.2) is 5.65 Å². The van der Waals surface area contributed by atoms with E-state index in [0.29, 0.717) is 44.1 Å². The molecule has 1 aliphatic carbocycles. The number of carbonyl (C=O) groups excluding carboxylic acids is 2. The minimum Gasteiger partial charge on any atom is -0.381 e. The van der Waals surface area contributed by atoms with E-state index in [-0.39, 0.29) is 17.9 Å². The molecule has 2 N–H and O–H groups in total. The maximum absolute atomic E-state index is 14.0. The first-order chi connectivity index (χ1) is 19.0. The number of fused-ring (bicyclic) bond motifs is 1. The largest absolute Gasteiger partial charge is 0.381 e. The summed E-state index contributed by atoms with van der Waals surface area (Å²) < 4.78 is 1.88. The topological polar surface area (TPSA) is 95.4 Å². The smallest absolute Gasteiger partial charge is 0.257 e. The number of benzene rings is 1. The molecule has 2 aliphatic heterocycles. The number of carbonyl (C=O) groups is 2. The summed E-state index contributed by atoms with van der Waals surface area (Å²) in [6.45, 7) is 6.52. The molecular formula is C30H39N7O2. The van der Waals surface area contributed by atoms with Crippen LogP contribution in [0.1, 0.15) is 69.2 Å².